The van der Waals surface area contributed by atoms with Crippen LogP contribution in [0.2, 0.25) is 0 Å². The van der Waals surface area contributed by atoms with Gasteiger partial charge >= 0.3 is 0 Å². The summed E-state index contributed by atoms with van der Waals surface area (Å²) >= 11 is 5.21. The summed E-state index contributed by atoms with van der Waals surface area (Å²) < 4.78 is 5.28. The molecule has 1 fully saturated rings. The van der Waals surface area contributed by atoms with Gasteiger partial charge in [-0.3, -0.25) is 5.43 Å². The third kappa shape index (κ3) is 7.77. The Morgan fingerprint density at radius 1 is 1.33 bits per heavy atom. The van der Waals surface area contributed by atoms with Crippen LogP contribution in [0.3, 0.4) is 0 Å². The minimum Gasteiger partial charge on any atom is -0.382 e. The van der Waals surface area contributed by atoms with Crippen molar-refractivity contribution in [3.8, 4) is 0 Å². The first-order valence-corrected chi connectivity index (χ1v) is 8.51. The number of hydrogen-bond acceptors (Lipinski definition) is 3. The quantitative estimate of drug-likeness (QED) is 0.448. The average Bonchev–Trinajstić information content (AvgIpc) is 2.44. The normalized spacial score (nSPS) is 19.2. The van der Waals surface area contributed by atoms with Crippen molar-refractivity contribution >= 4 is 23.0 Å². The molecule has 0 saturated heterocycles. The second-order valence-corrected chi connectivity index (χ2v) is 7.14. The second-order valence-electron chi connectivity index (χ2n) is 6.74. The van der Waals surface area contributed by atoms with Gasteiger partial charge in [-0.25, -0.2) is 0 Å². The Balaban J connectivity index is 2.18. The lowest BCUT2D eigenvalue weighted by molar-refractivity contribution is 0.145. The molecule has 21 heavy (non-hydrogen) atoms. The molecule has 0 aromatic heterocycles. The van der Waals surface area contributed by atoms with Crippen LogP contribution < -0.4 is 10.7 Å². The number of hydrazone groups is 1. The summed E-state index contributed by atoms with van der Waals surface area (Å²) in [6, 6.07) is 0. The standard InChI is InChI=1S/C16H31N3OS/c1-5-20-12-6-11-17-15(21)19-18-14-9-7-13(8-10-14)16(2,3)4/h13H,5-12H2,1-4H3,(H2,17,19,21). The third-order valence-corrected chi connectivity index (χ3v) is 4.29. The van der Waals surface area contributed by atoms with Crippen LogP contribution in [0.4, 0.5) is 0 Å². The van der Waals surface area contributed by atoms with E-state index in [0.29, 0.717) is 10.5 Å². The molecule has 1 saturated carbocycles. The van der Waals surface area contributed by atoms with Gasteiger partial charge in [0, 0.05) is 25.5 Å². The number of ether oxygens (including phenoxy) is 1. The highest BCUT2D eigenvalue weighted by Crippen LogP contribution is 2.36. The highest BCUT2D eigenvalue weighted by Gasteiger charge is 2.27. The first-order valence-electron chi connectivity index (χ1n) is 8.10. The van der Waals surface area contributed by atoms with Crippen LogP contribution in [0.15, 0.2) is 5.10 Å². The minimum absolute atomic E-state index is 0.413. The summed E-state index contributed by atoms with van der Waals surface area (Å²) in [5.74, 6) is 0.806. The molecule has 0 aromatic carbocycles. The maximum absolute atomic E-state index is 5.28. The van der Waals surface area contributed by atoms with Crippen LogP contribution in [0.25, 0.3) is 0 Å². The van der Waals surface area contributed by atoms with E-state index in [1.165, 1.54) is 18.6 Å². The van der Waals surface area contributed by atoms with E-state index in [1.54, 1.807) is 0 Å². The Morgan fingerprint density at radius 2 is 2.00 bits per heavy atom. The van der Waals surface area contributed by atoms with Crippen LogP contribution in [0, 0.1) is 11.3 Å². The summed E-state index contributed by atoms with van der Waals surface area (Å²) in [5.41, 5.74) is 4.62. The molecular weight excluding hydrogens is 282 g/mol. The van der Waals surface area contributed by atoms with Gasteiger partial charge in [-0.1, -0.05) is 20.8 Å². The van der Waals surface area contributed by atoms with Gasteiger partial charge in [0.1, 0.15) is 0 Å². The Hall–Kier alpha value is -0.680. The molecule has 0 heterocycles. The molecule has 122 valence electrons. The fourth-order valence-corrected chi connectivity index (χ4v) is 2.77. The number of nitrogens with zero attached hydrogens (tertiary/aromatic N) is 1. The maximum Gasteiger partial charge on any atom is 0.186 e. The van der Waals surface area contributed by atoms with E-state index in [9.17, 15) is 0 Å². The van der Waals surface area contributed by atoms with Crippen molar-refractivity contribution in [2.75, 3.05) is 19.8 Å². The first-order chi connectivity index (χ1) is 9.93. The molecule has 0 bridgehead atoms. The molecular formula is C16H31N3OS. The fourth-order valence-electron chi connectivity index (χ4n) is 2.62. The largest absolute Gasteiger partial charge is 0.382 e. The van der Waals surface area contributed by atoms with E-state index in [2.05, 4.69) is 36.6 Å². The Bertz CT molecular complexity index is 340. The molecule has 0 spiro atoms. The van der Waals surface area contributed by atoms with Crippen molar-refractivity contribution in [3.05, 3.63) is 0 Å². The van der Waals surface area contributed by atoms with Crippen molar-refractivity contribution in [3.63, 3.8) is 0 Å². The lowest BCUT2D eigenvalue weighted by Crippen LogP contribution is -2.34. The minimum atomic E-state index is 0.413. The van der Waals surface area contributed by atoms with E-state index >= 15 is 0 Å². The lowest BCUT2D eigenvalue weighted by Gasteiger charge is -2.34. The van der Waals surface area contributed by atoms with E-state index in [1.807, 2.05) is 6.92 Å². The predicted octanol–water partition coefficient (Wildman–Crippen LogP) is 3.47. The maximum atomic E-state index is 5.28. The Kier molecular flexibility index (Phi) is 8.19. The summed E-state index contributed by atoms with van der Waals surface area (Å²) in [7, 11) is 0. The molecule has 0 amide bonds. The average molecular weight is 314 g/mol. The van der Waals surface area contributed by atoms with Gasteiger partial charge in [0.2, 0.25) is 0 Å². The number of nitrogens with one attached hydrogen (secondary N) is 2. The SMILES string of the molecule is CCOCCCNC(=S)NN=C1CCC(C(C)(C)C)CC1. The van der Waals surface area contributed by atoms with Gasteiger partial charge in [0.25, 0.3) is 0 Å². The van der Waals surface area contributed by atoms with Gasteiger partial charge in [0.05, 0.1) is 0 Å². The smallest absolute Gasteiger partial charge is 0.186 e. The predicted molar refractivity (Wildman–Crippen MR) is 93.7 cm³/mol. The van der Waals surface area contributed by atoms with Crippen molar-refractivity contribution in [2.45, 2.75) is 59.8 Å². The zero-order valence-corrected chi connectivity index (χ0v) is 14.8. The molecule has 1 aliphatic rings. The second kappa shape index (κ2) is 9.36. The summed E-state index contributed by atoms with van der Waals surface area (Å²) in [5, 5.41) is 8.20. The molecule has 0 atom stereocenters. The van der Waals surface area contributed by atoms with Crippen molar-refractivity contribution < 1.29 is 4.74 Å². The van der Waals surface area contributed by atoms with Gasteiger partial charge in [-0.15, -0.1) is 0 Å². The van der Waals surface area contributed by atoms with Crippen molar-refractivity contribution in [1.82, 2.24) is 10.7 Å². The highest BCUT2D eigenvalue weighted by molar-refractivity contribution is 7.80. The highest BCUT2D eigenvalue weighted by atomic mass is 32.1. The molecule has 1 rings (SSSR count). The van der Waals surface area contributed by atoms with E-state index in [-0.39, 0.29) is 0 Å². The van der Waals surface area contributed by atoms with Crippen LogP contribution in [0.1, 0.15) is 59.8 Å². The van der Waals surface area contributed by atoms with Gasteiger partial charge in [-0.05, 0) is 62.6 Å². The summed E-state index contributed by atoms with van der Waals surface area (Å²) in [4.78, 5) is 0. The molecule has 0 aliphatic heterocycles. The molecule has 4 nitrogen and oxygen atoms in total. The fraction of sp³-hybridized carbons (Fsp3) is 0.875. The molecule has 5 heteroatoms. The molecule has 2 N–H and O–H groups in total. The number of rotatable bonds is 6. The monoisotopic (exact) mass is 313 g/mol. The van der Waals surface area contributed by atoms with Crippen molar-refractivity contribution in [1.29, 1.82) is 0 Å². The van der Waals surface area contributed by atoms with Crippen LogP contribution in [-0.2, 0) is 4.74 Å². The zero-order chi connectivity index (χ0) is 15.7. The van der Waals surface area contributed by atoms with Gasteiger partial charge in [-0.2, -0.15) is 5.10 Å². The summed E-state index contributed by atoms with van der Waals surface area (Å²) in [6.07, 6.45) is 5.60. The Labute approximate surface area is 135 Å². The molecule has 0 unspecified atom stereocenters. The summed E-state index contributed by atoms with van der Waals surface area (Å²) in [6.45, 7) is 11.4. The van der Waals surface area contributed by atoms with Crippen molar-refractivity contribution in [2.24, 2.45) is 16.4 Å². The van der Waals surface area contributed by atoms with E-state index in [0.717, 1.165) is 44.9 Å². The topological polar surface area (TPSA) is 45.6 Å². The number of thiocarbonyl (C=S) groups is 1. The van der Waals surface area contributed by atoms with E-state index < -0.39 is 0 Å². The zero-order valence-electron chi connectivity index (χ0n) is 14.0. The Morgan fingerprint density at radius 3 is 2.57 bits per heavy atom. The van der Waals surface area contributed by atoms with Crippen LogP contribution >= 0.6 is 12.2 Å². The van der Waals surface area contributed by atoms with Gasteiger partial charge in [0.15, 0.2) is 5.11 Å². The third-order valence-electron chi connectivity index (χ3n) is 4.06. The van der Waals surface area contributed by atoms with Crippen LogP contribution in [-0.4, -0.2) is 30.6 Å². The first kappa shape index (κ1) is 18.4. The van der Waals surface area contributed by atoms with Crippen LogP contribution in [0.5, 0.6) is 0 Å². The number of hydrogen-bond donors (Lipinski definition) is 2. The molecule has 1 aliphatic carbocycles. The van der Waals surface area contributed by atoms with Gasteiger partial charge < -0.3 is 10.1 Å². The lowest BCUT2D eigenvalue weighted by atomic mass is 9.72. The molecule has 0 radical (unpaired) electrons. The van der Waals surface area contributed by atoms with E-state index in [4.69, 9.17) is 17.0 Å². The molecule has 0 aromatic rings.